The average molecular weight is 865 g/mol. The minimum Gasteiger partial charge on any atom is -0.508 e. The number of phenols is 1. The maximum Gasteiger partial charge on any atom is 0.407 e. The van der Waals surface area contributed by atoms with Crippen LogP contribution in [0.5, 0.6) is 11.5 Å². The van der Waals surface area contributed by atoms with Crippen molar-refractivity contribution in [3.63, 3.8) is 0 Å². The molecular weight excluding hydrogens is 801 g/mol. The zero-order valence-corrected chi connectivity index (χ0v) is 36.3. The van der Waals surface area contributed by atoms with Crippen molar-refractivity contribution < 1.29 is 59.1 Å². The second-order valence-electron chi connectivity index (χ2n) is 16.4. The van der Waals surface area contributed by atoms with E-state index in [1.165, 1.54) is 0 Å². The molecule has 2 aromatic carbocycles. The number of nitrogens with one attached hydrogen (secondary N) is 2. The second kappa shape index (κ2) is 23.8. The van der Waals surface area contributed by atoms with E-state index in [2.05, 4.69) is 14.8 Å². The van der Waals surface area contributed by atoms with Crippen molar-refractivity contribution in [3.05, 3.63) is 59.7 Å². The number of likely N-dealkylation sites (tertiary alicyclic amines) is 2. The van der Waals surface area contributed by atoms with Crippen LogP contribution in [0.4, 0.5) is 27.2 Å². The van der Waals surface area contributed by atoms with Crippen LogP contribution in [0.1, 0.15) is 78.4 Å². The number of nitrogens with zero attached hydrogens (tertiary/aromatic N) is 2. The summed E-state index contributed by atoms with van der Waals surface area (Å²) in [6, 6.07) is 14.6. The van der Waals surface area contributed by atoms with Gasteiger partial charge in [-0.3, -0.25) is 9.08 Å². The molecule has 336 valence electrons. The van der Waals surface area contributed by atoms with E-state index < -0.39 is 45.4 Å². The zero-order valence-electron chi connectivity index (χ0n) is 35.5. The molecule has 0 saturated carbocycles. The van der Waals surface area contributed by atoms with Gasteiger partial charge in [0.15, 0.2) is 0 Å². The van der Waals surface area contributed by atoms with Gasteiger partial charge in [-0.15, -0.1) is 0 Å². The molecule has 2 aromatic rings. The molecule has 0 bridgehead atoms. The van der Waals surface area contributed by atoms with Gasteiger partial charge in [-0.1, -0.05) is 24.3 Å². The van der Waals surface area contributed by atoms with Gasteiger partial charge in [0.2, 0.25) is 0 Å². The van der Waals surface area contributed by atoms with E-state index in [0.29, 0.717) is 71.8 Å². The molecule has 0 spiro atoms. The molecule has 2 aliphatic rings. The van der Waals surface area contributed by atoms with Crippen molar-refractivity contribution in [2.24, 2.45) is 0 Å². The molecule has 2 heterocycles. The highest BCUT2D eigenvalue weighted by Crippen LogP contribution is 2.28. The zero-order chi connectivity index (χ0) is 44.3. The van der Waals surface area contributed by atoms with Crippen molar-refractivity contribution in [2.75, 3.05) is 71.8 Å². The lowest BCUT2D eigenvalue weighted by molar-refractivity contribution is -0.0568. The summed E-state index contributed by atoms with van der Waals surface area (Å²) in [5.41, 5.74) is 1.16. The maximum absolute atomic E-state index is 13.1. The Morgan fingerprint density at radius 2 is 1.05 bits per heavy atom. The SMILES string of the molecule is CC(C)(C)OC(=O)NCCc1ccc(O)cc1.CC(C)(C)OC(=O)NCCc1ccc(OCCN2CCC(F)(F)CC2)cc1.CS(=O)(=O)OCCN1CCC(F)(F)CC1. The predicted molar refractivity (Wildman–Crippen MR) is 218 cm³/mol. The second-order valence-corrected chi connectivity index (χ2v) is 18.1. The summed E-state index contributed by atoms with van der Waals surface area (Å²) in [6.07, 6.45) is 1.09. The van der Waals surface area contributed by atoms with E-state index in [1.54, 1.807) is 17.0 Å². The molecule has 2 fully saturated rings. The van der Waals surface area contributed by atoms with Gasteiger partial charge >= 0.3 is 12.2 Å². The van der Waals surface area contributed by atoms with Crippen LogP contribution < -0.4 is 15.4 Å². The first-order valence-electron chi connectivity index (χ1n) is 19.8. The van der Waals surface area contributed by atoms with Crippen LogP contribution in [0.3, 0.4) is 0 Å². The lowest BCUT2D eigenvalue weighted by Gasteiger charge is -2.31. The number of alkyl carbamates (subject to hydrolysis) is 2. The predicted octanol–water partition coefficient (Wildman–Crippen LogP) is 7.02. The van der Waals surface area contributed by atoms with Gasteiger partial charge < -0.3 is 34.9 Å². The van der Waals surface area contributed by atoms with Crippen LogP contribution in [0, 0.1) is 0 Å². The lowest BCUT2D eigenvalue weighted by Crippen LogP contribution is -2.41. The fraction of sp³-hybridized carbons (Fsp3) is 0.659. The van der Waals surface area contributed by atoms with Crippen LogP contribution in [-0.2, 0) is 36.6 Å². The Balaban J connectivity index is 0.000000324. The van der Waals surface area contributed by atoms with E-state index in [4.69, 9.17) is 19.3 Å². The summed E-state index contributed by atoms with van der Waals surface area (Å²) >= 11 is 0. The van der Waals surface area contributed by atoms with Crippen LogP contribution in [0.25, 0.3) is 0 Å². The smallest absolute Gasteiger partial charge is 0.407 e. The summed E-state index contributed by atoms with van der Waals surface area (Å²) in [7, 11) is -3.42. The van der Waals surface area contributed by atoms with Crippen molar-refractivity contribution >= 4 is 22.3 Å². The van der Waals surface area contributed by atoms with Gasteiger partial charge in [-0.05, 0) is 89.8 Å². The highest BCUT2D eigenvalue weighted by molar-refractivity contribution is 7.85. The number of hydrogen-bond donors (Lipinski definition) is 3. The molecule has 0 aromatic heterocycles. The molecule has 0 atom stereocenters. The van der Waals surface area contributed by atoms with Crippen LogP contribution in [-0.4, -0.2) is 130 Å². The number of piperidine rings is 2. The lowest BCUT2D eigenvalue weighted by atomic mass is 10.1. The van der Waals surface area contributed by atoms with Gasteiger partial charge in [0.05, 0.1) is 12.9 Å². The van der Waals surface area contributed by atoms with Gasteiger partial charge in [-0.2, -0.15) is 8.42 Å². The van der Waals surface area contributed by atoms with Gasteiger partial charge in [-0.25, -0.2) is 27.2 Å². The summed E-state index contributed by atoms with van der Waals surface area (Å²) in [6.45, 7) is 14.9. The Labute approximate surface area is 347 Å². The average Bonchev–Trinajstić information content (AvgIpc) is 3.10. The molecule has 2 amide bonds. The first-order chi connectivity index (χ1) is 27.3. The number of carbonyl (C=O) groups excluding carboxylic acids is 2. The summed E-state index contributed by atoms with van der Waals surface area (Å²) < 4.78 is 93.5. The Hall–Kier alpha value is -3.87. The van der Waals surface area contributed by atoms with E-state index in [-0.39, 0.29) is 38.0 Å². The summed E-state index contributed by atoms with van der Waals surface area (Å²) in [5.74, 6) is -4.07. The number of benzene rings is 2. The maximum atomic E-state index is 13.1. The Kier molecular flexibility index (Phi) is 20.7. The standard InChI is InChI=1S/C20H30F2N2O3.C13H19NO3.C8H15F2NO3S/c1-19(2,3)27-18(25)23-11-8-16-4-6-17(7-5-16)26-15-14-24-12-9-20(21,22)10-13-24;1-13(2,3)17-12(16)14-9-8-10-4-6-11(15)7-5-10;1-15(12,13)14-7-6-11-4-2-8(9,10)3-5-11/h4-7H,8-15H2,1-3H3,(H,23,25);4-7,15H,8-9H2,1-3H3,(H,14,16);2-7H2,1H3. The molecule has 2 aliphatic heterocycles. The highest BCUT2D eigenvalue weighted by atomic mass is 32.2. The molecule has 4 rings (SSSR count). The number of hydrogen-bond acceptors (Lipinski definition) is 11. The summed E-state index contributed by atoms with van der Waals surface area (Å²) in [5, 5.41) is 14.5. The Bertz CT molecular complexity index is 1630. The molecule has 13 nitrogen and oxygen atoms in total. The van der Waals surface area contributed by atoms with Gasteiger partial charge in [0.1, 0.15) is 29.3 Å². The third-order valence-corrected chi connectivity index (χ3v) is 9.17. The van der Waals surface area contributed by atoms with Gasteiger partial charge in [0.25, 0.3) is 22.0 Å². The first kappa shape index (κ1) is 51.3. The fourth-order valence-electron chi connectivity index (χ4n) is 5.48. The molecule has 59 heavy (non-hydrogen) atoms. The Morgan fingerprint density at radius 3 is 1.42 bits per heavy atom. The first-order valence-corrected chi connectivity index (χ1v) is 21.6. The fourth-order valence-corrected chi connectivity index (χ4v) is 5.86. The highest BCUT2D eigenvalue weighted by Gasteiger charge is 2.34. The van der Waals surface area contributed by atoms with E-state index in [9.17, 15) is 35.6 Å². The minimum atomic E-state index is -3.42. The molecule has 2 saturated heterocycles. The van der Waals surface area contributed by atoms with Crippen molar-refractivity contribution in [1.82, 2.24) is 20.4 Å². The van der Waals surface area contributed by atoms with Crippen molar-refractivity contribution in [1.29, 1.82) is 0 Å². The normalized spacial score (nSPS) is 16.9. The number of aromatic hydroxyl groups is 1. The van der Waals surface area contributed by atoms with E-state index in [0.717, 1.165) is 23.1 Å². The number of alkyl halides is 4. The molecule has 0 unspecified atom stereocenters. The van der Waals surface area contributed by atoms with Crippen LogP contribution in [0.2, 0.25) is 0 Å². The van der Waals surface area contributed by atoms with Crippen molar-refractivity contribution in [2.45, 2.75) is 103 Å². The van der Waals surface area contributed by atoms with Crippen molar-refractivity contribution in [3.8, 4) is 11.5 Å². The number of phenolic OH excluding ortho intramolecular Hbond substituents is 1. The quantitative estimate of drug-likeness (QED) is 0.133. The number of amides is 2. The molecular formula is C41H64F4N4O9S. The van der Waals surface area contributed by atoms with Gasteiger partial charge in [0, 0.05) is 78.0 Å². The molecule has 0 aliphatic carbocycles. The third kappa shape index (κ3) is 26.1. The molecule has 3 N–H and O–H groups in total. The van der Waals surface area contributed by atoms with E-state index in [1.807, 2.05) is 82.8 Å². The number of rotatable bonds is 14. The molecule has 18 heteroatoms. The summed E-state index contributed by atoms with van der Waals surface area (Å²) in [4.78, 5) is 26.7. The Morgan fingerprint density at radius 1 is 0.678 bits per heavy atom. The largest absolute Gasteiger partial charge is 0.508 e. The minimum absolute atomic E-state index is 0.0321. The topological polar surface area (TPSA) is 156 Å². The number of ether oxygens (including phenoxy) is 3. The molecule has 0 radical (unpaired) electrons. The third-order valence-electron chi connectivity index (χ3n) is 8.58. The number of carbonyl (C=O) groups is 2. The van der Waals surface area contributed by atoms with Crippen LogP contribution >= 0.6 is 0 Å². The van der Waals surface area contributed by atoms with E-state index >= 15 is 0 Å². The number of halogens is 4. The monoisotopic (exact) mass is 864 g/mol. The van der Waals surface area contributed by atoms with Crippen LogP contribution in [0.15, 0.2) is 48.5 Å².